The number of carbonyl (C=O) groups excluding carboxylic acids is 1. The lowest BCUT2D eigenvalue weighted by Crippen LogP contribution is -2.53. The summed E-state index contributed by atoms with van der Waals surface area (Å²) in [4.78, 5) is 15.8. The molecule has 5 rings (SSSR count). The predicted octanol–water partition coefficient (Wildman–Crippen LogP) is 6.85. The van der Waals surface area contributed by atoms with Crippen molar-refractivity contribution in [2.24, 2.45) is 0 Å². The van der Waals surface area contributed by atoms with Crippen LogP contribution in [0.1, 0.15) is 64.4 Å². The zero-order chi connectivity index (χ0) is 24.0. The lowest BCUT2D eigenvalue weighted by atomic mass is 9.77. The number of nitrogens with one attached hydrogen (secondary N) is 3. The van der Waals surface area contributed by atoms with Crippen molar-refractivity contribution in [2.75, 3.05) is 5.32 Å². The van der Waals surface area contributed by atoms with Crippen molar-refractivity contribution in [1.29, 1.82) is 0 Å². The summed E-state index contributed by atoms with van der Waals surface area (Å²) in [6.45, 7) is 5.60. The van der Waals surface area contributed by atoms with E-state index in [1.807, 2.05) is 32.9 Å². The Labute approximate surface area is 198 Å². The van der Waals surface area contributed by atoms with Crippen molar-refractivity contribution in [3.63, 3.8) is 0 Å². The number of carbonyl (C=O) groups is 1. The number of benzene rings is 2. The number of alkyl carbamates (subject to hydrolysis) is 1. The molecule has 1 aliphatic carbocycles. The molecule has 0 spiro atoms. The van der Waals surface area contributed by atoms with Crippen LogP contribution in [-0.2, 0) is 4.74 Å². The Kier molecular flexibility index (Phi) is 5.74. The molecule has 2 aliphatic rings. The number of aromatic amines is 1. The number of hydrogen-bond donors (Lipinski definition) is 3. The van der Waals surface area contributed by atoms with Crippen LogP contribution in [-0.4, -0.2) is 28.8 Å². The molecule has 1 fully saturated rings. The molecule has 1 amide bonds. The van der Waals surface area contributed by atoms with Gasteiger partial charge in [0.15, 0.2) is 0 Å². The van der Waals surface area contributed by atoms with Gasteiger partial charge in [0.2, 0.25) is 0 Å². The van der Waals surface area contributed by atoms with Gasteiger partial charge in [0.05, 0.1) is 16.6 Å². The fraction of sp³-hybridized carbons (Fsp3) is 0.444. The van der Waals surface area contributed by atoms with E-state index in [4.69, 9.17) is 4.74 Å². The van der Waals surface area contributed by atoms with E-state index < -0.39 is 35.3 Å². The summed E-state index contributed by atoms with van der Waals surface area (Å²) in [5.74, 6) is -1.75. The molecule has 0 bridgehead atoms. The summed E-state index contributed by atoms with van der Waals surface area (Å²) in [5, 5.41) is 7.08. The number of amides is 1. The van der Waals surface area contributed by atoms with Crippen LogP contribution in [0.15, 0.2) is 36.5 Å². The Balaban J connectivity index is 1.50. The highest BCUT2D eigenvalue weighted by atomic mass is 19.1. The molecule has 2 heterocycles. The number of ether oxygens (including phenoxy) is 1. The molecule has 3 N–H and O–H groups in total. The molecule has 2 unspecified atom stereocenters. The smallest absolute Gasteiger partial charge is 0.407 e. The molecular formula is C27H31F2N3O2. The van der Waals surface area contributed by atoms with Crippen molar-refractivity contribution in [3.8, 4) is 11.1 Å². The zero-order valence-corrected chi connectivity index (χ0v) is 19.8. The second-order valence-corrected chi connectivity index (χ2v) is 10.2. The van der Waals surface area contributed by atoms with Crippen LogP contribution in [0.2, 0.25) is 0 Å². The third-order valence-corrected chi connectivity index (χ3v) is 7.35. The maximum absolute atomic E-state index is 16.1. The zero-order valence-electron chi connectivity index (χ0n) is 19.8. The topological polar surface area (TPSA) is 66.1 Å². The predicted molar refractivity (Wildman–Crippen MR) is 130 cm³/mol. The van der Waals surface area contributed by atoms with E-state index in [0.29, 0.717) is 22.3 Å². The Morgan fingerprint density at radius 2 is 1.91 bits per heavy atom. The fourth-order valence-corrected chi connectivity index (χ4v) is 5.73. The average Bonchev–Trinajstić information content (AvgIpc) is 3.26. The highest BCUT2D eigenvalue weighted by Crippen LogP contribution is 2.46. The minimum Gasteiger partial charge on any atom is -0.443 e. The van der Waals surface area contributed by atoms with Gasteiger partial charge in [-0.1, -0.05) is 44.4 Å². The second kappa shape index (κ2) is 8.60. The lowest BCUT2D eigenvalue weighted by Gasteiger charge is -2.44. The summed E-state index contributed by atoms with van der Waals surface area (Å²) in [6.07, 6.45) is 5.90. The van der Waals surface area contributed by atoms with Gasteiger partial charge in [-0.2, -0.15) is 0 Å². The van der Waals surface area contributed by atoms with Crippen LogP contribution >= 0.6 is 0 Å². The number of fused-ring (bicyclic) bond motifs is 2. The fourth-order valence-electron chi connectivity index (χ4n) is 5.73. The van der Waals surface area contributed by atoms with Crippen LogP contribution in [0.25, 0.3) is 22.0 Å². The van der Waals surface area contributed by atoms with Crippen LogP contribution < -0.4 is 10.6 Å². The summed E-state index contributed by atoms with van der Waals surface area (Å²) in [6, 6.07) is 8.73. The standard InChI is InChI=1S/C27H31F2N3O2/c1-15-21-20(32-27(2,3)25(15)34-26(33)31-17-9-5-4-6-10-17)14-19(28)22(23(21)29)18-11-7-8-16-12-13-30-24(16)18/h7-8,11-15,17,25,30,32H,4-6,9-10H2,1-3H3,(H,31,33). The SMILES string of the molecule is CC1c2c(cc(F)c(-c3cccc4cc[nH]c34)c2F)NC(C)(C)C1OC(=O)NC1CCCCC1. The van der Waals surface area contributed by atoms with Gasteiger partial charge in [0.25, 0.3) is 0 Å². The first kappa shape index (κ1) is 22.7. The Morgan fingerprint density at radius 3 is 2.68 bits per heavy atom. The number of H-pyrrole nitrogens is 1. The van der Waals surface area contributed by atoms with Crippen LogP contribution in [0.5, 0.6) is 0 Å². The molecule has 34 heavy (non-hydrogen) atoms. The minimum atomic E-state index is -0.712. The van der Waals surface area contributed by atoms with Gasteiger partial charge in [-0.25, -0.2) is 13.6 Å². The summed E-state index contributed by atoms with van der Waals surface area (Å²) >= 11 is 0. The molecule has 0 radical (unpaired) electrons. The van der Waals surface area contributed by atoms with E-state index >= 15 is 8.78 Å². The lowest BCUT2D eigenvalue weighted by molar-refractivity contribution is 0.0438. The van der Waals surface area contributed by atoms with Gasteiger partial charge in [-0.3, -0.25) is 0 Å². The number of aromatic nitrogens is 1. The molecule has 1 aromatic heterocycles. The van der Waals surface area contributed by atoms with Gasteiger partial charge in [-0.05, 0) is 44.2 Å². The number of anilines is 1. The first-order valence-electron chi connectivity index (χ1n) is 12.1. The molecule has 7 heteroatoms. The van der Waals surface area contributed by atoms with Crippen LogP contribution in [0.4, 0.5) is 19.3 Å². The first-order valence-corrected chi connectivity index (χ1v) is 12.1. The van der Waals surface area contributed by atoms with Crippen molar-refractivity contribution in [1.82, 2.24) is 10.3 Å². The number of rotatable bonds is 3. The Morgan fingerprint density at radius 1 is 1.15 bits per heavy atom. The van der Waals surface area contributed by atoms with Gasteiger partial charge >= 0.3 is 6.09 Å². The quantitative estimate of drug-likeness (QED) is 0.395. The maximum Gasteiger partial charge on any atom is 0.407 e. The van der Waals surface area contributed by atoms with E-state index in [9.17, 15) is 4.79 Å². The van der Waals surface area contributed by atoms with Gasteiger partial charge in [0, 0.05) is 35.0 Å². The van der Waals surface area contributed by atoms with Crippen molar-refractivity contribution >= 4 is 22.7 Å². The third-order valence-electron chi connectivity index (χ3n) is 7.35. The highest BCUT2D eigenvalue weighted by Gasteiger charge is 2.45. The van der Waals surface area contributed by atoms with Crippen LogP contribution in [0, 0.1) is 11.6 Å². The van der Waals surface area contributed by atoms with Crippen molar-refractivity contribution in [3.05, 3.63) is 53.7 Å². The molecule has 1 saturated carbocycles. The van der Waals surface area contributed by atoms with Gasteiger partial charge in [-0.15, -0.1) is 0 Å². The highest BCUT2D eigenvalue weighted by molar-refractivity contribution is 5.95. The largest absolute Gasteiger partial charge is 0.443 e. The van der Waals surface area contributed by atoms with E-state index in [1.54, 1.807) is 18.3 Å². The normalized spacial score (nSPS) is 22.1. The molecular weight excluding hydrogens is 436 g/mol. The molecule has 2 atom stereocenters. The van der Waals surface area contributed by atoms with E-state index in [-0.39, 0.29) is 11.6 Å². The van der Waals surface area contributed by atoms with E-state index in [0.717, 1.165) is 31.1 Å². The summed E-state index contributed by atoms with van der Waals surface area (Å²) in [5.41, 5.74) is 1.07. The van der Waals surface area contributed by atoms with Crippen molar-refractivity contribution in [2.45, 2.75) is 76.5 Å². The number of para-hydroxylation sites is 1. The summed E-state index contributed by atoms with van der Waals surface area (Å²) < 4.78 is 37.3. The molecule has 0 saturated heterocycles. The third kappa shape index (κ3) is 3.91. The minimum absolute atomic E-state index is 0.0782. The molecule has 180 valence electrons. The molecule has 1 aliphatic heterocycles. The number of halogens is 2. The molecule has 2 aromatic carbocycles. The van der Waals surface area contributed by atoms with E-state index in [2.05, 4.69) is 15.6 Å². The van der Waals surface area contributed by atoms with Crippen molar-refractivity contribution < 1.29 is 18.3 Å². The van der Waals surface area contributed by atoms with Gasteiger partial charge in [0.1, 0.15) is 17.7 Å². The van der Waals surface area contributed by atoms with E-state index in [1.165, 1.54) is 12.5 Å². The maximum atomic E-state index is 16.1. The average molecular weight is 468 g/mol. The van der Waals surface area contributed by atoms with Gasteiger partial charge < -0.3 is 20.4 Å². The monoisotopic (exact) mass is 467 g/mol. The van der Waals surface area contributed by atoms with Crippen LogP contribution in [0.3, 0.4) is 0 Å². The number of hydrogen-bond acceptors (Lipinski definition) is 3. The second-order valence-electron chi connectivity index (χ2n) is 10.2. The molecule has 5 nitrogen and oxygen atoms in total. The molecule has 3 aromatic rings. The Bertz CT molecular complexity index is 1230. The Hall–Kier alpha value is -3.09. The first-order chi connectivity index (χ1) is 16.3. The summed E-state index contributed by atoms with van der Waals surface area (Å²) in [7, 11) is 0.